The molecule has 3 N–H and O–H groups in total. The van der Waals surface area contributed by atoms with Gasteiger partial charge in [-0.25, -0.2) is 19.2 Å². The number of carbonyl (C=O) groups is 4. The molecule has 0 heterocycles. The molecule has 0 aromatic rings. The molecule has 25 heavy (non-hydrogen) atoms. The van der Waals surface area contributed by atoms with Crippen molar-refractivity contribution in [1.82, 2.24) is 0 Å². The van der Waals surface area contributed by atoms with Gasteiger partial charge in [0, 0.05) is 22.8 Å². The Kier molecular flexibility index (Phi) is 17.2. The first-order valence-corrected chi connectivity index (χ1v) is 7.36. The molecule has 8 nitrogen and oxygen atoms in total. The van der Waals surface area contributed by atoms with Gasteiger partial charge in [0.1, 0.15) is 0 Å². The Labute approximate surface area is 147 Å². The van der Waals surface area contributed by atoms with Crippen molar-refractivity contribution in [1.29, 1.82) is 0 Å². The van der Waals surface area contributed by atoms with Crippen LogP contribution >= 0.6 is 0 Å². The smallest absolute Gasteiger partial charge is 0.332 e. The quantitative estimate of drug-likeness (QED) is 0.466. The van der Waals surface area contributed by atoms with Gasteiger partial charge in [-0.2, -0.15) is 0 Å². The first-order chi connectivity index (χ1) is 11.5. The Bertz CT molecular complexity index is 493. The van der Waals surface area contributed by atoms with E-state index in [9.17, 15) is 19.2 Å². The standard InChI is InChI=1S/C8H12O4.C5H8O2.C4H6O2/c1-3-5(7(9)10)6(4-2)8(11)12;1-3-5(6)7-4-2;1-3(2)4(5)6/h3-4H2,1-2H3,(H,9,10)(H,11,12);3H,1,4H2,2H3;1H2,2H3,(H,5,6)/b6-5-;;. The Morgan fingerprint density at radius 1 is 0.880 bits per heavy atom. The Balaban J connectivity index is -0.000000317. The van der Waals surface area contributed by atoms with Gasteiger partial charge in [-0.3, -0.25) is 0 Å². The Morgan fingerprint density at radius 3 is 1.28 bits per heavy atom. The van der Waals surface area contributed by atoms with Crippen molar-refractivity contribution < 1.29 is 39.2 Å². The van der Waals surface area contributed by atoms with Gasteiger partial charge in [-0.05, 0) is 26.7 Å². The molecule has 0 fully saturated rings. The van der Waals surface area contributed by atoms with Crippen molar-refractivity contribution in [2.75, 3.05) is 6.61 Å². The minimum atomic E-state index is -1.14. The van der Waals surface area contributed by atoms with E-state index < -0.39 is 17.9 Å². The number of esters is 1. The maximum absolute atomic E-state index is 10.5. The molecule has 0 amide bonds. The highest BCUT2D eigenvalue weighted by atomic mass is 16.5. The summed E-state index contributed by atoms with van der Waals surface area (Å²) in [7, 11) is 0. The molecular formula is C17H26O8. The van der Waals surface area contributed by atoms with Gasteiger partial charge in [0.05, 0.1) is 6.61 Å². The number of carboxylic acid groups (broad SMARTS) is 3. The fourth-order valence-electron chi connectivity index (χ4n) is 1.19. The number of rotatable bonds is 7. The lowest BCUT2D eigenvalue weighted by molar-refractivity contribution is -0.137. The molecule has 0 radical (unpaired) electrons. The summed E-state index contributed by atoms with van der Waals surface area (Å²) in [4.78, 5) is 40.7. The normalized spacial score (nSPS) is 9.76. The number of aliphatic carboxylic acids is 3. The third-order valence-corrected chi connectivity index (χ3v) is 2.41. The maximum Gasteiger partial charge on any atom is 0.332 e. The minimum absolute atomic E-state index is 0.00926. The van der Waals surface area contributed by atoms with Gasteiger partial charge in [0.15, 0.2) is 0 Å². The molecule has 0 rings (SSSR count). The summed E-state index contributed by atoms with van der Waals surface area (Å²) in [6.45, 7) is 13.2. The summed E-state index contributed by atoms with van der Waals surface area (Å²) in [5.74, 6) is -3.58. The second-order valence-corrected chi connectivity index (χ2v) is 4.32. The predicted octanol–water partition coefficient (Wildman–Crippen LogP) is 2.65. The van der Waals surface area contributed by atoms with Gasteiger partial charge in [-0.1, -0.05) is 27.0 Å². The van der Waals surface area contributed by atoms with Crippen molar-refractivity contribution in [3.8, 4) is 0 Å². The van der Waals surface area contributed by atoms with Gasteiger partial charge >= 0.3 is 23.9 Å². The van der Waals surface area contributed by atoms with E-state index in [2.05, 4.69) is 17.9 Å². The zero-order valence-corrected chi connectivity index (χ0v) is 15.0. The molecule has 0 aliphatic heterocycles. The van der Waals surface area contributed by atoms with E-state index in [0.29, 0.717) is 6.61 Å². The summed E-state index contributed by atoms with van der Waals surface area (Å²) in [6, 6.07) is 0. The molecule has 0 atom stereocenters. The van der Waals surface area contributed by atoms with Gasteiger partial charge in [0.25, 0.3) is 0 Å². The number of hydrogen-bond donors (Lipinski definition) is 3. The molecule has 8 heteroatoms. The zero-order valence-electron chi connectivity index (χ0n) is 15.0. The van der Waals surface area contributed by atoms with Crippen molar-refractivity contribution in [3.63, 3.8) is 0 Å². The summed E-state index contributed by atoms with van der Waals surface area (Å²) in [5, 5.41) is 25.1. The van der Waals surface area contributed by atoms with Crippen molar-refractivity contribution in [3.05, 3.63) is 36.0 Å². The maximum atomic E-state index is 10.5. The van der Waals surface area contributed by atoms with Crippen molar-refractivity contribution in [2.45, 2.75) is 40.5 Å². The number of carbonyl (C=O) groups excluding carboxylic acids is 1. The second-order valence-electron chi connectivity index (χ2n) is 4.32. The molecule has 0 aromatic heterocycles. The highest BCUT2D eigenvalue weighted by Crippen LogP contribution is 2.12. The molecule has 0 spiro atoms. The Morgan fingerprint density at radius 2 is 1.20 bits per heavy atom. The number of carboxylic acids is 3. The number of ether oxygens (including phenoxy) is 1. The van der Waals surface area contributed by atoms with Crippen LogP contribution in [-0.2, 0) is 23.9 Å². The molecule has 0 saturated carbocycles. The summed E-state index contributed by atoms with van der Waals surface area (Å²) in [6.07, 6.45) is 1.62. The van der Waals surface area contributed by atoms with E-state index >= 15 is 0 Å². The topological polar surface area (TPSA) is 138 Å². The van der Waals surface area contributed by atoms with E-state index in [0.717, 1.165) is 6.08 Å². The van der Waals surface area contributed by atoms with Gasteiger partial charge in [0.2, 0.25) is 0 Å². The molecule has 0 saturated heterocycles. The highest BCUT2D eigenvalue weighted by Gasteiger charge is 2.16. The van der Waals surface area contributed by atoms with E-state index in [1.165, 1.54) is 6.92 Å². The molecule has 0 bridgehead atoms. The van der Waals surface area contributed by atoms with Crippen LogP contribution in [0.1, 0.15) is 40.5 Å². The van der Waals surface area contributed by atoms with Gasteiger partial charge in [-0.15, -0.1) is 0 Å². The van der Waals surface area contributed by atoms with Crippen LogP contribution in [0.4, 0.5) is 0 Å². The molecule has 0 aliphatic rings. The molecule has 0 aromatic carbocycles. The van der Waals surface area contributed by atoms with E-state index in [4.69, 9.17) is 15.3 Å². The van der Waals surface area contributed by atoms with Crippen LogP contribution in [0.3, 0.4) is 0 Å². The average Bonchev–Trinajstić information content (AvgIpc) is 2.52. The van der Waals surface area contributed by atoms with Crippen LogP contribution in [0, 0.1) is 0 Å². The number of hydrogen-bond acceptors (Lipinski definition) is 5. The summed E-state index contributed by atoms with van der Waals surface area (Å²) >= 11 is 0. The third kappa shape index (κ3) is 15.8. The molecule has 0 aliphatic carbocycles. The van der Waals surface area contributed by atoms with Crippen LogP contribution in [0.15, 0.2) is 36.0 Å². The first kappa shape index (κ1) is 27.0. The van der Waals surface area contributed by atoms with Gasteiger partial charge < -0.3 is 20.1 Å². The SMILES string of the molecule is C=C(C)C(=O)O.C=CC(=O)OCC.CC/C(C(=O)O)=C(\CC)C(=O)O. The van der Waals surface area contributed by atoms with E-state index in [-0.39, 0.29) is 35.5 Å². The third-order valence-electron chi connectivity index (χ3n) is 2.41. The minimum Gasteiger partial charge on any atom is -0.478 e. The highest BCUT2D eigenvalue weighted by molar-refractivity contribution is 5.98. The van der Waals surface area contributed by atoms with Crippen LogP contribution in [0.2, 0.25) is 0 Å². The summed E-state index contributed by atoms with van der Waals surface area (Å²) < 4.78 is 4.43. The summed E-state index contributed by atoms with van der Waals surface area (Å²) in [5.41, 5.74) is 0.157. The van der Waals surface area contributed by atoms with Crippen LogP contribution < -0.4 is 0 Å². The molecular weight excluding hydrogens is 332 g/mol. The lowest BCUT2D eigenvalue weighted by Crippen LogP contribution is -2.10. The average molecular weight is 358 g/mol. The van der Waals surface area contributed by atoms with E-state index in [1.54, 1.807) is 20.8 Å². The fraction of sp³-hybridized carbons (Fsp3) is 0.412. The van der Waals surface area contributed by atoms with Crippen LogP contribution in [-0.4, -0.2) is 45.8 Å². The zero-order chi connectivity index (χ0) is 20.6. The van der Waals surface area contributed by atoms with Crippen LogP contribution in [0.5, 0.6) is 0 Å². The van der Waals surface area contributed by atoms with Crippen molar-refractivity contribution >= 4 is 23.9 Å². The fourth-order valence-corrected chi connectivity index (χ4v) is 1.19. The van der Waals surface area contributed by atoms with Crippen LogP contribution in [0.25, 0.3) is 0 Å². The lowest BCUT2D eigenvalue weighted by atomic mass is 10.0. The largest absolute Gasteiger partial charge is 0.478 e. The van der Waals surface area contributed by atoms with E-state index in [1.807, 2.05) is 0 Å². The Hall–Kier alpha value is -2.90. The molecule has 142 valence electrons. The van der Waals surface area contributed by atoms with Crippen molar-refractivity contribution in [2.24, 2.45) is 0 Å². The molecule has 0 unspecified atom stereocenters. The monoisotopic (exact) mass is 358 g/mol. The predicted molar refractivity (Wildman–Crippen MR) is 92.2 cm³/mol. The first-order valence-electron chi connectivity index (χ1n) is 7.36. The second kappa shape index (κ2) is 16.0. The lowest BCUT2D eigenvalue weighted by Gasteiger charge is -2.03.